The zero-order valence-corrected chi connectivity index (χ0v) is 13.1. The second-order valence-electron chi connectivity index (χ2n) is 5.40. The van der Waals surface area contributed by atoms with Gasteiger partial charge in [0.05, 0.1) is 13.2 Å². The third-order valence-electron chi connectivity index (χ3n) is 3.63. The van der Waals surface area contributed by atoms with Gasteiger partial charge in [0.1, 0.15) is 11.3 Å². The molecule has 1 aromatic rings. The molecule has 1 rings (SSSR count). The smallest absolute Gasteiger partial charge is 0.118 e. The van der Waals surface area contributed by atoms with E-state index in [1.807, 2.05) is 31.2 Å². The average Bonchev–Trinajstić information content (AvgIpc) is 2.47. The van der Waals surface area contributed by atoms with Gasteiger partial charge >= 0.3 is 0 Å². The molecule has 0 fully saturated rings. The van der Waals surface area contributed by atoms with E-state index >= 15 is 0 Å². The molecular weight excluding hydrogens is 248 g/mol. The topological polar surface area (TPSA) is 36.3 Å². The van der Waals surface area contributed by atoms with Crippen LogP contribution in [0.4, 0.5) is 0 Å². The van der Waals surface area contributed by atoms with Crippen LogP contribution in [0.2, 0.25) is 0 Å². The Balaban J connectivity index is 2.88. The molecule has 1 unspecified atom stereocenters. The first kappa shape index (κ1) is 16.5. The van der Waals surface area contributed by atoms with E-state index in [0.29, 0.717) is 0 Å². The van der Waals surface area contributed by atoms with E-state index in [-0.39, 0.29) is 0 Å². The van der Waals surface area contributed by atoms with Gasteiger partial charge in [0.15, 0.2) is 0 Å². The molecule has 0 bridgehead atoms. The molecule has 0 saturated carbocycles. The molecule has 0 amide bonds. The minimum atomic E-state index is -0.444. The summed E-state index contributed by atoms with van der Waals surface area (Å²) < 4.78 is 5.17. The van der Waals surface area contributed by atoms with Crippen LogP contribution in [0.25, 0.3) is 0 Å². The Kier molecular flexibility index (Phi) is 6.54. The molecule has 0 aliphatic heterocycles. The lowest BCUT2D eigenvalue weighted by Gasteiger charge is -2.36. The molecule has 0 N–H and O–H groups in total. The van der Waals surface area contributed by atoms with Crippen molar-refractivity contribution in [2.24, 2.45) is 0 Å². The summed E-state index contributed by atoms with van der Waals surface area (Å²) in [6.07, 6.45) is 2.88. The van der Waals surface area contributed by atoms with Crippen molar-refractivity contribution < 1.29 is 4.74 Å². The normalized spacial score (nSPS) is 13.8. The van der Waals surface area contributed by atoms with Crippen molar-refractivity contribution >= 4 is 0 Å². The molecule has 20 heavy (non-hydrogen) atoms. The van der Waals surface area contributed by atoms with Crippen molar-refractivity contribution in [3.05, 3.63) is 29.8 Å². The highest BCUT2D eigenvalue weighted by molar-refractivity contribution is 5.29. The van der Waals surface area contributed by atoms with Gasteiger partial charge in [-0.15, -0.1) is 0 Å². The number of hydrogen-bond donors (Lipinski definition) is 0. The highest BCUT2D eigenvalue weighted by Gasteiger charge is 2.31. The maximum absolute atomic E-state index is 9.65. The summed E-state index contributed by atoms with van der Waals surface area (Å²) in [5.74, 6) is 0.853. The first-order valence-corrected chi connectivity index (χ1v) is 7.38. The van der Waals surface area contributed by atoms with Gasteiger partial charge in [-0.05, 0) is 50.6 Å². The van der Waals surface area contributed by atoms with Gasteiger partial charge in [-0.1, -0.05) is 26.0 Å². The summed E-state index contributed by atoms with van der Waals surface area (Å²) >= 11 is 0. The highest BCUT2D eigenvalue weighted by Crippen LogP contribution is 2.22. The molecule has 110 valence electrons. The molecular formula is C17H26N2O. The average molecular weight is 274 g/mol. The minimum absolute atomic E-state index is 0.444. The maximum atomic E-state index is 9.65. The Bertz CT molecular complexity index is 429. The molecule has 0 spiro atoms. The molecule has 1 aromatic carbocycles. The Morgan fingerprint density at radius 2 is 1.70 bits per heavy atom. The van der Waals surface area contributed by atoms with Crippen LogP contribution >= 0.6 is 0 Å². The van der Waals surface area contributed by atoms with Crippen LogP contribution in [0.3, 0.4) is 0 Å². The van der Waals surface area contributed by atoms with Crippen LogP contribution in [0.15, 0.2) is 24.3 Å². The number of nitrogens with zero attached hydrogens (tertiary/aromatic N) is 2. The van der Waals surface area contributed by atoms with Gasteiger partial charge in [0.25, 0.3) is 0 Å². The SMILES string of the molecule is CCCN(CCC)C(C)(C#N)Cc1ccc(OC)cc1. The number of hydrogen-bond acceptors (Lipinski definition) is 3. The van der Waals surface area contributed by atoms with Crippen molar-refractivity contribution in [2.45, 2.75) is 45.6 Å². The van der Waals surface area contributed by atoms with E-state index in [2.05, 4.69) is 24.8 Å². The Morgan fingerprint density at radius 1 is 1.15 bits per heavy atom. The maximum Gasteiger partial charge on any atom is 0.118 e. The largest absolute Gasteiger partial charge is 0.497 e. The fourth-order valence-corrected chi connectivity index (χ4v) is 2.51. The fourth-order valence-electron chi connectivity index (χ4n) is 2.51. The second-order valence-corrected chi connectivity index (χ2v) is 5.40. The van der Waals surface area contributed by atoms with Crippen molar-refractivity contribution in [3.8, 4) is 11.8 Å². The van der Waals surface area contributed by atoms with Gasteiger partial charge in [-0.2, -0.15) is 5.26 Å². The number of benzene rings is 1. The monoisotopic (exact) mass is 274 g/mol. The highest BCUT2D eigenvalue weighted by atomic mass is 16.5. The van der Waals surface area contributed by atoms with E-state index in [9.17, 15) is 5.26 Å². The lowest BCUT2D eigenvalue weighted by atomic mass is 9.91. The third kappa shape index (κ3) is 4.25. The summed E-state index contributed by atoms with van der Waals surface area (Å²) in [5, 5.41) is 9.65. The van der Waals surface area contributed by atoms with Crippen LogP contribution in [-0.4, -0.2) is 30.6 Å². The van der Waals surface area contributed by atoms with Crippen molar-refractivity contribution in [3.63, 3.8) is 0 Å². The summed E-state index contributed by atoms with van der Waals surface area (Å²) in [5.41, 5.74) is 0.729. The third-order valence-corrected chi connectivity index (χ3v) is 3.63. The van der Waals surface area contributed by atoms with E-state index in [0.717, 1.165) is 38.1 Å². The summed E-state index contributed by atoms with van der Waals surface area (Å²) in [4.78, 5) is 2.30. The van der Waals surface area contributed by atoms with Gasteiger partial charge < -0.3 is 4.74 Å². The number of methoxy groups -OCH3 is 1. The zero-order chi connectivity index (χ0) is 15.0. The lowest BCUT2D eigenvalue weighted by molar-refractivity contribution is 0.151. The summed E-state index contributed by atoms with van der Waals surface area (Å²) in [6.45, 7) is 8.30. The van der Waals surface area contributed by atoms with Crippen molar-refractivity contribution in [1.29, 1.82) is 5.26 Å². The first-order chi connectivity index (χ1) is 9.59. The Hall–Kier alpha value is -1.53. The lowest BCUT2D eigenvalue weighted by Crippen LogP contribution is -2.47. The molecule has 0 aliphatic carbocycles. The minimum Gasteiger partial charge on any atom is -0.497 e. The number of ether oxygens (including phenoxy) is 1. The summed E-state index contributed by atoms with van der Waals surface area (Å²) in [7, 11) is 1.67. The van der Waals surface area contributed by atoms with Crippen LogP contribution in [0, 0.1) is 11.3 Å². The molecule has 3 nitrogen and oxygen atoms in total. The molecule has 0 radical (unpaired) electrons. The van der Waals surface area contributed by atoms with E-state index in [4.69, 9.17) is 4.74 Å². The second kappa shape index (κ2) is 7.91. The predicted octanol–water partition coefficient (Wildman–Crippen LogP) is 3.64. The Morgan fingerprint density at radius 3 is 2.10 bits per heavy atom. The zero-order valence-electron chi connectivity index (χ0n) is 13.1. The molecule has 0 saturated heterocycles. The standard InChI is InChI=1S/C17H26N2O/c1-5-11-19(12-6-2)17(3,14-18)13-15-7-9-16(20-4)10-8-15/h7-10H,5-6,11-13H2,1-4H3. The van der Waals surface area contributed by atoms with E-state index in [1.54, 1.807) is 7.11 Å². The van der Waals surface area contributed by atoms with E-state index < -0.39 is 5.54 Å². The van der Waals surface area contributed by atoms with Crippen LogP contribution < -0.4 is 4.74 Å². The van der Waals surface area contributed by atoms with Crippen LogP contribution in [-0.2, 0) is 6.42 Å². The summed E-state index contributed by atoms with van der Waals surface area (Å²) in [6, 6.07) is 10.5. The van der Waals surface area contributed by atoms with Crippen molar-refractivity contribution in [1.82, 2.24) is 4.90 Å². The quantitative estimate of drug-likeness (QED) is 0.726. The Labute approximate surface area is 123 Å². The molecule has 3 heteroatoms. The van der Waals surface area contributed by atoms with Crippen LogP contribution in [0.5, 0.6) is 5.75 Å². The van der Waals surface area contributed by atoms with Gasteiger partial charge in [-0.25, -0.2) is 0 Å². The number of rotatable bonds is 8. The van der Waals surface area contributed by atoms with Gasteiger partial charge in [-0.3, -0.25) is 4.90 Å². The van der Waals surface area contributed by atoms with Gasteiger partial charge in [0.2, 0.25) is 0 Å². The number of nitriles is 1. The van der Waals surface area contributed by atoms with Crippen molar-refractivity contribution in [2.75, 3.05) is 20.2 Å². The van der Waals surface area contributed by atoms with E-state index in [1.165, 1.54) is 5.56 Å². The predicted molar refractivity (Wildman–Crippen MR) is 82.9 cm³/mol. The fraction of sp³-hybridized carbons (Fsp3) is 0.588. The van der Waals surface area contributed by atoms with Gasteiger partial charge in [0, 0.05) is 6.42 Å². The molecule has 1 atom stereocenters. The molecule has 0 aromatic heterocycles. The first-order valence-electron chi connectivity index (χ1n) is 7.38. The molecule has 0 heterocycles. The molecule has 0 aliphatic rings. The van der Waals surface area contributed by atoms with Crippen LogP contribution in [0.1, 0.15) is 39.2 Å².